The first-order valence-corrected chi connectivity index (χ1v) is 8.18. The van der Waals surface area contributed by atoms with E-state index in [1.54, 1.807) is 6.07 Å². The van der Waals surface area contributed by atoms with Gasteiger partial charge in [-0.3, -0.25) is 14.7 Å². The lowest BCUT2D eigenvalue weighted by atomic mass is 10.1. The number of aromatic amines is 1. The number of carbonyl (C=O) groups is 2. The zero-order valence-electron chi connectivity index (χ0n) is 13.2. The van der Waals surface area contributed by atoms with Crippen LogP contribution in [0.5, 0.6) is 0 Å². The monoisotopic (exact) mass is 344 g/mol. The van der Waals surface area contributed by atoms with Crippen molar-refractivity contribution < 1.29 is 14.3 Å². The average molecular weight is 344 g/mol. The van der Waals surface area contributed by atoms with Crippen LogP contribution in [-0.4, -0.2) is 34.2 Å². The Labute approximate surface area is 142 Å². The van der Waals surface area contributed by atoms with Crippen molar-refractivity contribution in [2.45, 2.75) is 19.4 Å². The number of thiophene rings is 1. The maximum absolute atomic E-state index is 12.6. The van der Waals surface area contributed by atoms with Gasteiger partial charge >= 0.3 is 5.97 Å². The molecule has 3 aromatic rings. The Morgan fingerprint density at radius 1 is 1.46 bits per heavy atom. The standard InChI is InChI=1S/C16H16N4O3S/c1-9-11-6-10(8-17-15(11)20-19-9)16(22)18-12(7-14(21)23-2)13-4-3-5-24-13/h3-6,8,12H,7H2,1-2H3,(H,18,22)(H,17,19,20)/t12-/m1/s1. The molecule has 1 atom stereocenters. The minimum atomic E-state index is -0.439. The van der Waals surface area contributed by atoms with Crippen LogP contribution in [0.15, 0.2) is 29.8 Å². The lowest BCUT2D eigenvalue weighted by Gasteiger charge is -2.16. The van der Waals surface area contributed by atoms with Gasteiger partial charge in [-0.2, -0.15) is 5.10 Å². The summed E-state index contributed by atoms with van der Waals surface area (Å²) >= 11 is 1.47. The number of pyridine rings is 1. The van der Waals surface area contributed by atoms with Crippen LogP contribution in [0.4, 0.5) is 0 Å². The predicted octanol–water partition coefficient (Wildman–Crippen LogP) is 2.36. The van der Waals surface area contributed by atoms with Crippen LogP contribution in [-0.2, 0) is 9.53 Å². The fourth-order valence-electron chi connectivity index (χ4n) is 2.35. The van der Waals surface area contributed by atoms with Crippen LogP contribution in [0.25, 0.3) is 11.0 Å². The molecule has 1 amide bonds. The SMILES string of the molecule is COC(=O)C[C@@H](NC(=O)c1cnc2n[nH]c(C)c2c1)c1cccs1. The third kappa shape index (κ3) is 3.28. The van der Waals surface area contributed by atoms with Crippen molar-refractivity contribution in [1.82, 2.24) is 20.5 Å². The van der Waals surface area contributed by atoms with E-state index in [4.69, 9.17) is 4.74 Å². The molecule has 0 aromatic carbocycles. The largest absolute Gasteiger partial charge is 0.469 e. The summed E-state index contributed by atoms with van der Waals surface area (Å²) in [6.07, 6.45) is 1.55. The number of aromatic nitrogens is 3. The van der Waals surface area contributed by atoms with Crippen LogP contribution in [0, 0.1) is 6.92 Å². The molecule has 0 radical (unpaired) electrons. The fourth-order valence-corrected chi connectivity index (χ4v) is 3.13. The molecule has 0 unspecified atom stereocenters. The molecule has 3 aromatic heterocycles. The van der Waals surface area contributed by atoms with Gasteiger partial charge in [-0.05, 0) is 24.4 Å². The molecule has 0 spiro atoms. The molecule has 124 valence electrons. The predicted molar refractivity (Wildman–Crippen MR) is 89.8 cm³/mol. The van der Waals surface area contributed by atoms with Gasteiger partial charge < -0.3 is 10.1 Å². The first-order chi connectivity index (χ1) is 11.6. The van der Waals surface area contributed by atoms with E-state index in [0.717, 1.165) is 16.0 Å². The normalized spacial score (nSPS) is 12.1. The van der Waals surface area contributed by atoms with Gasteiger partial charge in [0.25, 0.3) is 5.91 Å². The molecular formula is C16H16N4O3S. The Bertz CT molecular complexity index is 873. The molecule has 0 fully saturated rings. The van der Waals surface area contributed by atoms with E-state index in [2.05, 4.69) is 20.5 Å². The summed E-state index contributed by atoms with van der Waals surface area (Å²) in [4.78, 5) is 29.3. The molecule has 3 heterocycles. The maximum Gasteiger partial charge on any atom is 0.307 e. The van der Waals surface area contributed by atoms with Crippen molar-refractivity contribution >= 4 is 34.2 Å². The van der Waals surface area contributed by atoms with Crippen LogP contribution in [0.3, 0.4) is 0 Å². The van der Waals surface area contributed by atoms with Gasteiger partial charge in [0.2, 0.25) is 0 Å². The Morgan fingerprint density at radius 3 is 3.00 bits per heavy atom. The molecule has 0 aliphatic heterocycles. The smallest absolute Gasteiger partial charge is 0.307 e. The highest BCUT2D eigenvalue weighted by molar-refractivity contribution is 7.10. The van der Waals surface area contributed by atoms with Gasteiger partial charge in [-0.1, -0.05) is 6.07 Å². The van der Waals surface area contributed by atoms with Crippen LogP contribution >= 0.6 is 11.3 Å². The molecule has 8 heteroatoms. The van der Waals surface area contributed by atoms with Gasteiger partial charge in [0.1, 0.15) is 0 Å². The lowest BCUT2D eigenvalue weighted by Crippen LogP contribution is -2.30. The van der Waals surface area contributed by atoms with Gasteiger partial charge in [0, 0.05) is 22.2 Å². The second kappa shape index (κ2) is 6.79. The van der Waals surface area contributed by atoms with Crippen LogP contribution in [0.1, 0.15) is 33.4 Å². The number of hydrogen-bond acceptors (Lipinski definition) is 6. The number of amides is 1. The number of nitrogens with zero attached hydrogens (tertiary/aromatic N) is 2. The number of aryl methyl sites for hydroxylation is 1. The third-order valence-electron chi connectivity index (χ3n) is 3.65. The number of fused-ring (bicyclic) bond motifs is 1. The van der Waals surface area contributed by atoms with Crippen molar-refractivity contribution in [3.05, 3.63) is 45.9 Å². The number of methoxy groups -OCH3 is 1. The molecule has 3 rings (SSSR count). The Balaban J connectivity index is 1.83. The highest BCUT2D eigenvalue weighted by Crippen LogP contribution is 2.23. The zero-order valence-corrected chi connectivity index (χ0v) is 14.0. The molecule has 0 saturated carbocycles. The number of hydrogen-bond donors (Lipinski definition) is 2. The van der Waals surface area contributed by atoms with Gasteiger partial charge in [-0.15, -0.1) is 11.3 Å². The second-order valence-corrected chi connectivity index (χ2v) is 6.24. The van der Waals surface area contributed by atoms with Gasteiger partial charge in [0.15, 0.2) is 5.65 Å². The molecule has 2 N–H and O–H groups in total. The second-order valence-electron chi connectivity index (χ2n) is 5.27. The molecular weight excluding hydrogens is 328 g/mol. The van der Waals surface area contributed by atoms with E-state index in [9.17, 15) is 9.59 Å². The summed E-state index contributed by atoms with van der Waals surface area (Å²) < 4.78 is 4.72. The quantitative estimate of drug-likeness (QED) is 0.693. The number of carbonyl (C=O) groups excluding carboxylic acids is 2. The first-order valence-electron chi connectivity index (χ1n) is 7.30. The number of rotatable bonds is 5. The van der Waals surface area contributed by atoms with Gasteiger partial charge in [0.05, 0.1) is 25.1 Å². The molecule has 24 heavy (non-hydrogen) atoms. The topological polar surface area (TPSA) is 97.0 Å². The van der Waals surface area contributed by atoms with Crippen molar-refractivity contribution in [2.75, 3.05) is 7.11 Å². The minimum absolute atomic E-state index is 0.0726. The molecule has 0 aliphatic rings. The van der Waals surface area contributed by atoms with Crippen LogP contribution < -0.4 is 5.32 Å². The lowest BCUT2D eigenvalue weighted by molar-refractivity contribution is -0.141. The molecule has 0 aliphatic carbocycles. The van der Waals surface area contributed by atoms with E-state index in [1.165, 1.54) is 24.6 Å². The summed E-state index contributed by atoms with van der Waals surface area (Å²) in [6.45, 7) is 1.87. The van der Waals surface area contributed by atoms with E-state index >= 15 is 0 Å². The summed E-state index contributed by atoms with van der Waals surface area (Å²) in [5.74, 6) is -0.680. The number of esters is 1. The van der Waals surface area contributed by atoms with Gasteiger partial charge in [-0.25, -0.2) is 4.98 Å². The van der Waals surface area contributed by atoms with E-state index in [-0.39, 0.29) is 18.3 Å². The number of nitrogens with one attached hydrogen (secondary N) is 2. The highest BCUT2D eigenvalue weighted by atomic mass is 32.1. The van der Waals surface area contributed by atoms with E-state index in [1.807, 2.05) is 24.4 Å². The molecule has 0 bridgehead atoms. The summed E-state index contributed by atoms with van der Waals surface area (Å²) in [6, 6.07) is 5.05. The highest BCUT2D eigenvalue weighted by Gasteiger charge is 2.21. The van der Waals surface area contributed by atoms with Crippen molar-refractivity contribution in [3.63, 3.8) is 0 Å². The van der Waals surface area contributed by atoms with E-state index < -0.39 is 6.04 Å². The molecule has 7 nitrogen and oxygen atoms in total. The zero-order chi connectivity index (χ0) is 17.1. The summed E-state index contributed by atoms with van der Waals surface area (Å²) in [7, 11) is 1.33. The van der Waals surface area contributed by atoms with Crippen molar-refractivity contribution in [3.8, 4) is 0 Å². The Hall–Kier alpha value is -2.74. The Kier molecular flexibility index (Phi) is 4.57. The maximum atomic E-state index is 12.6. The number of ether oxygens (including phenoxy) is 1. The van der Waals surface area contributed by atoms with E-state index in [0.29, 0.717) is 11.2 Å². The van der Waals surface area contributed by atoms with Crippen LogP contribution in [0.2, 0.25) is 0 Å². The fraction of sp³-hybridized carbons (Fsp3) is 0.250. The molecule has 0 saturated heterocycles. The van der Waals surface area contributed by atoms with Crippen molar-refractivity contribution in [2.24, 2.45) is 0 Å². The minimum Gasteiger partial charge on any atom is -0.469 e. The third-order valence-corrected chi connectivity index (χ3v) is 4.64. The van der Waals surface area contributed by atoms with Crippen molar-refractivity contribution in [1.29, 1.82) is 0 Å². The first kappa shape index (κ1) is 16.1. The average Bonchev–Trinajstić information content (AvgIpc) is 3.24. The summed E-state index contributed by atoms with van der Waals surface area (Å²) in [5.41, 5.74) is 1.82. The summed E-state index contributed by atoms with van der Waals surface area (Å²) in [5, 5.41) is 12.4. The Morgan fingerprint density at radius 2 is 2.29 bits per heavy atom. The number of H-pyrrole nitrogens is 1.